The van der Waals surface area contributed by atoms with Crippen molar-refractivity contribution >= 4 is 12.3 Å². The molecule has 0 aliphatic rings. The van der Waals surface area contributed by atoms with E-state index in [1.165, 1.54) is 7.11 Å². The van der Waals surface area contributed by atoms with Gasteiger partial charge in [-0.05, 0) is 0 Å². The number of methoxy groups -OCH3 is 1. The molecule has 0 aromatic heterocycles. The van der Waals surface area contributed by atoms with E-state index in [1.54, 1.807) is 0 Å². The predicted octanol–water partition coefficient (Wildman–Crippen LogP) is -1.46. The zero-order chi connectivity index (χ0) is 9.23. The van der Waals surface area contributed by atoms with Crippen LogP contribution in [0.15, 0.2) is 0 Å². The molecule has 0 atom stereocenters. The standard InChI is InChI=1S/C7H14N2O3/c1-12-7(11)6-9-3-2-8-4-5-10/h5,8-9H,2-4,6H2,1H3. The zero-order valence-corrected chi connectivity index (χ0v) is 7.13. The number of aldehydes is 1. The third-order valence-corrected chi connectivity index (χ3v) is 1.20. The van der Waals surface area contributed by atoms with Gasteiger partial charge in [0.15, 0.2) is 0 Å². The van der Waals surface area contributed by atoms with Crippen LogP contribution in [0.1, 0.15) is 0 Å². The number of carbonyl (C=O) groups excluding carboxylic acids is 2. The monoisotopic (exact) mass is 174 g/mol. The van der Waals surface area contributed by atoms with Crippen molar-refractivity contribution in [1.29, 1.82) is 0 Å². The number of esters is 1. The maximum atomic E-state index is 10.5. The van der Waals surface area contributed by atoms with E-state index in [1.807, 2.05) is 0 Å². The Morgan fingerprint density at radius 1 is 1.42 bits per heavy atom. The molecule has 0 heterocycles. The summed E-state index contributed by atoms with van der Waals surface area (Å²) in [5, 5.41) is 5.69. The number of rotatable bonds is 7. The van der Waals surface area contributed by atoms with Crippen molar-refractivity contribution in [3.05, 3.63) is 0 Å². The third-order valence-electron chi connectivity index (χ3n) is 1.20. The SMILES string of the molecule is COC(=O)CNCCNCC=O. The highest BCUT2D eigenvalue weighted by Gasteiger charge is 1.96. The van der Waals surface area contributed by atoms with Crippen LogP contribution in [0, 0.1) is 0 Å². The number of carbonyl (C=O) groups is 2. The Morgan fingerprint density at radius 2 is 2.08 bits per heavy atom. The Bertz CT molecular complexity index is 139. The normalized spacial score (nSPS) is 9.42. The average Bonchev–Trinajstić information content (AvgIpc) is 2.10. The fraction of sp³-hybridized carbons (Fsp3) is 0.714. The fourth-order valence-electron chi connectivity index (χ4n) is 0.600. The number of hydrogen-bond acceptors (Lipinski definition) is 5. The lowest BCUT2D eigenvalue weighted by atomic mass is 10.5. The van der Waals surface area contributed by atoms with Crippen molar-refractivity contribution in [1.82, 2.24) is 10.6 Å². The quantitative estimate of drug-likeness (QED) is 0.280. The largest absolute Gasteiger partial charge is 0.468 e. The minimum absolute atomic E-state index is 0.208. The topological polar surface area (TPSA) is 67.4 Å². The number of nitrogens with one attached hydrogen (secondary N) is 2. The Labute approximate surface area is 71.5 Å². The van der Waals surface area contributed by atoms with E-state index in [4.69, 9.17) is 0 Å². The maximum absolute atomic E-state index is 10.5. The Morgan fingerprint density at radius 3 is 2.67 bits per heavy atom. The van der Waals surface area contributed by atoms with Crippen LogP contribution in [0.5, 0.6) is 0 Å². The Balaban J connectivity index is 3.00. The number of hydrogen-bond donors (Lipinski definition) is 2. The molecule has 0 saturated carbocycles. The average molecular weight is 174 g/mol. The van der Waals surface area contributed by atoms with Crippen molar-refractivity contribution in [3.63, 3.8) is 0 Å². The molecule has 70 valence electrons. The summed E-state index contributed by atoms with van der Waals surface area (Å²) in [4.78, 5) is 20.4. The van der Waals surface area contributed by atoms with E-state index in [0.717, 1.165) is 6.29 Å². The molecule has 0 saturated heterocycles. The van der Waals surface area contributed by atoms with E-state index >= 15 is 0 Å². The summed E-state index contributed by atoms with van der Waals surface area (Å²) in [6, 6.07) is 0. The molecule has 0 amide bonds. The molecule has 0 unspecified atom stereocenters. The molecule has 12 heavy (non-hydrogen) atoms. The zero-order valence-electron chi connectivity index (χ0n) is 7.13. The first-order valence-corrected chi connectivity index (χ1v) is 3.73. The minimum atomic E-state index is -0.287. The van der Waals surface area contributed by atoms with Crippen LogP contribution in [0.2, 0.25) is 0 Å². The van der Waals surface area contributed by atoms with Crippen molar-refractivity contribution in [2.75, 3.05) is 33.3 Å². The van der Waals surface area contributed by atoms with Gasteiger partial charge < -0.3 is 20.2 Å². The lowest BCUT2D eigenvalue weighted by Crippen LogP contribution is -2.32. The summed E-state index contributed by atoms with van der Waals surface area (Å²) in [6.07, 6.45) is 0.792. The molecule has 0 aliphatic carbocycles. The highest BCUT2D eigenvalue weighted by molar-refractivity contribution is 5.71. The van der Waals surface area contributed by atoms with Crippen molar-refractivity contribution in [2.24, 2.45) is 0 Å². The van der Waals surface area contributed by atoms with E-state index in [2.05, 4.69) is 15.4 Å². The molecule has 0 spiro atoms. The van der Waals surface area contributed by atoms with Gasteiger partial charge in [0.2, 0.25) is 0 Å². The van der Waals surface area contributed by atoms with Gasteiger partial charge in [-0.2, -0.15) is 0 Å². The molecule has 0 bridgehead atoms. The summed E-state index contributed by atoms with van der Waals surface area (Å²) in [5.41, 5.74) is 0. The first kappa shape index (κ1) is 11.1. The second-order valence-electron chi connectivity index (χ2n) is 2.12. The number of ether oxygens (including phenoxy) is 1. The molecular formula is C7H14N2O3. The lowest BCUT2D eigenvalue weighted by molar-refractivity contribution is -0.139. The highest BCUT2D eigenvalue weighted by Crippen LogP contribution is 1.68. The molecule has 0 aromatic carbocycles. The van der Waals surface area contributed by atoms with Crippen LogP contribution < -0.4 is 10.6 Å². The second-order valence-corrected chi connectivity index (χ2v) is 2.12. The van der Waals surface area contributed by atoms with Gasteiger partial charge in [0.05, 0.1) is 20.2 Å². The Kier molecular flexibility index (Phi) is 7.52. The maximum Gasteiger partial charge on any atom is 0.319 e. The van der Waals surface area contributed by atoms with Crippen LogP contribution in [-0.4, -0.2) is 45.5 Å². The van der Waals surface area contributed by atoms with Gasteiger partial charge in [-0.15, -0.1) is 0 Å². The van der Waals surface area contributed by atoms with Crippen molar-refractivity contribution in [3.8, 4) is 0 Å². The van der Waals surface area contributed by atoms with Gasteiger partial charge in [-0.25, -0.2) is 0 Å². The van der Waals surface area contributed by atoms with Gasteiger partial charge >= 0.3 is 5.97 Å². The van der Waals surface area contributed by atoms with Crippen LogP contribution >= 0.6 is 0 Å². The lowest BCUT2D eigenvalue weighted by Gasteiger charge is -2.02. The fourth-order valence-corrected chi connectivity index (χ4v) is 0.600. The molecule has 0 rings (SSSR count). The van der Waals surface area contributed by atoms with Gasteiger partial charge in [0.1, 0.15) is 6.29 Å². The third kappa shape index (κ3) is 7.17. The summed E-state index contributed by atoms with van der Waals surface area (Å²) < 4.78 is 4.40. The summed E-state index contributed by atoms with van der Waals surface area (Å²) in [7, 11) is 1.34. The smallest absolute Gasteiger partial charge is 0.319 e. The van der Waals surface area contributed by atoms with Gasteiger partial charge in [0.25, 0.3) is 0 Å². The van der Waals surface area contributed by atoms with Gasteiger partial charge in [-0.3, -0.25) is 4.79 Å². The molecule has 0 fully saturated rings. The summed E-state index contributed by atoms with van der Waals surface area (Å²) >= 11 is 0. The first-order valence-electron chi connectivity index (χ1n) is 3.73. The van der Waals surface area contributed by atoms with E-state index < -0.39 is 0 Å². The first-order chi connectivity index (χ1) is 5.81. The van der Waals surface area contributed by atoms with E-state index in [-0.39, 0.29) is 12.5 Å². The molecule has 5 heteroatoms. The second kappa shape index (κ2) is 8.16. The van der Waals surface area contributed by atoms with Crippen molar-refractivity contribution in [2.45, 2.75) is 0 Å². The van der Waals surface area contributed by atoms with Crippen LogP contribution in [0.3, 0.4) is 0 Å². The van der Waals surface area contributed by atoms with E-state index in [9.17, 15) is 9.59 Å². The minimum Gasteiger partial charge on any atom is -0.468 e. The molecule has 0 radical (unpaired) electrons. The van der Waals surface area contributed by atoms with Gasteiger partial charge in [-0.1, -0.05) is 0 Å². The summed E-state index contributed by atoms with van der Waals surface area (Å²) in [5.74, 6) is -0.287. The molecule has 5 nitrogen and oxygen atoms in total. The molecule has 0 aliphatic heterocycles. The van der Waals surface area contributed by atoms with Crippen LogP contribution in [0.4, 0.5) is 0 Å². The van der Waals surface area contributed by atoms with Crippen LogP contribution in [-0.2, 0) is 14.3 Å². The van der Waals surface area contributed by atoms with Crippen molar-refractivity contribution < 1.29 is 14.3 Å². The molecule has 0 aromatic rings. The molecular weight excluding hydrogens is 160 g/mol. The Hall–Kier alpha value is -0.940. The highest BCUT2D eigenvalue weighted by atomic mass is 16.5. The van der Waals surface area contributed by atoms with Crippen LogP contribution in [0.25, 0.3) is 0 Å². The summed E-state index contributed by atoms with van der Waals surface area (Å²) in [6.45, 7) is 1.86. The van der Waals surface area contributed by atoms with Gasteiger partial charge in [0, 0.05) is 13.1 Å². The predicted molar refractivity (Wildman–Crippen MR) is 43.8 cm³/mol. The van der Waals surface area contributed by atoms with E-state index in [0.29, 0.717) is 19.6 Å². The molecule has 2 N–H and O–H groups in total.